The van der Waals surface area contributed by atoms with Crippen LogP contribution in [-0.2, 0) is 4.84 Å². The van der Waals surface area contributed by atoms with Crippen LogP contribution in [-0.4, -0.2) is 24.8 Å². The van der Waals surface area contributed by atoms with Gasteiger partial charge in [-0.1, -0.05) is 0 Å². The number of nitrogens with zero attached hydrogens (tertiary/aromatic N) is 1. The zero-order valence-electron chi connectivity index (χ0n) is 5.10. The molecule has 1 rings (SSSR count). The Bertz CT molecular complexity index is 59.5. The average molecular weight is 114 g/mol. The Balaban J connectivity index is 2.13. The van der Waals surface area contributed by atoms with E-state index in [1.54, 1.807) is 0 Å². The van der Waals surface area contributed by atoms with Gasteiger partial charge in [-0.3, -0.25) is 4.84 Å². The molecule has 0 aliphatic carbocycles. The molecule has 1 heterocycles. The molecular formula is C6H12NO. The lowest BCUT2D eigenvalue weighted by Gasteiger charge is -2.23. The van der Waals surface area contributed by atoms with Crippen LogP contribution in [0.3, 0.4) is 0 Å². The average Bonchev–Trinajstić information content (AvgIpc) is 1.90. The molecule has 8 heavy (non-hydrogen) atoms. The molecule has 2 heteroatoms. The Morgan fingerprint density at radius 2 is 2.38 bits per heavy atom. The van der Waals surface area contributed by atoms with Gasteiger partial charge in [0.1, 0.15) is 0 Å². The molecule has 0 saturated carbocycles. The smallest absolute Gasteiger partial charge is 0.0685 e. The second-order valence-corrected chi connectivity index (χ2v) is 1.97. The van der Waals surface area contributed by atoms with Crippen LogP contribution in [0, 0.1) is 6.92 Å². The summed E-state index contributed by atoms with van der Waals surface area (Å²) in [6.45, 7) is 6.43. The molecule has 0 spiro atoms. The van der Waals surface area contributed by atoms with Crippen molar-refractivity contribution in [2.45, 2.75) is 12.8 Å². The predicted octanol–water partition coefficient (Wildman–Crippen LogP) is 0.848. The van der Waals surface area contributed by atoms with Crippen molar-refractivity contribution in [2.75, 3.05) is 19.7 Å². The van der Waals surface area contributed by atoms with Crippen LogP contribution in [0.15, 0.2) is 0 Å². The number of rotatable bonds is 1. The van der Waals surface area contributed by atoms with Crippen molar-refractivity contribution in [1.82, 2.24) is 5.06 Å². The number of hydrogen-bond acceptors (Lipinski definition) is 2. The molecule has 0 amide bonds. The van der Waals surface area contributed by atoms with Crippen molar-refractivity contribution < 1.29 is 4.84 Å². The molecule has 1 aliphatic heterocycles. The van der Waals surface area contributed by atoms with Crippen molar-refractivity contribution in [2.24, 2.45) is 0 Å². The molecule has 0 aromatic heterocycles. The summed E-state index contributed by atoms with van der Waals surface area (Å²) in [5.74, 6) is 0. The Hall–Kier alpha value is -0.0800. The summed E-state index contributed by atoms with van der Waals surface area (Å²) in [6.07, 6.45) is 2.46. The van der Waals surface area contributed by atoms with Crippen LogP contribution >= 0.6 is 0 Å². The SMILES string of the molecule is [CH2]CN1CCCCO1. The fourth-order valence-corrected chi connectivity index (χ4v) is 0.825. The Morgan fingerprint density at radius 1 is 1.50 bits per heavy atom. The van der Waals surface area contributed by atoms with Gasteiger partial charge in [0.2, 0.25) is 0 Å². The van der Waals surface area contributed by atoms with Crippen molar-refractivity contribution in [3.8, 4) is 0 Å². The van der Waals surface area contributed by atoms with E-state index >= 15 is 0 Å². The molecule has 1 fully saturated rings. The van der Waals surface area contributed by atoms with Crippen molar-refractivity contribution >= 4 is 0 Å². The van der Waals surface area contributed by atoms with E-state index in [0.29, 0.717) is 0 Å². The fraction of sp³-hybridized carbons (Fsp3) is 0.833. The van der Waals surface area contributed by atoms with E-state index in [0.717, 1.165) is 19.7 Å². The summed E-state index contributed by atoms with van der Waals surface area (Å²) in [7, 11) is 0. The molecule has 1 radical (unpaired) electrons. The Kier molecular flexibility index (Phi) is 2.30. The molecule has 1 saturated heterocycles. The summed E-state index contributed by atoms with van der Waals surface area (Å²) < 4.78 is 0. The maximum Gasteiger partial charge on any atom is 0.0685 e. The minimum Gasteiger partial charge on any atom is -0.299 e. The lowest BCUT2D eigenvalue weighted by Crippen LogP contribution is -2.29. The van der Waals surface area contributed by atoms with Crippen LogP contribution in [0.2, 0.25) is 0 Å². The first-order chi connectivity index (χ1) is 3.93. The quantitative estimate of drug-likeness (QED) is 0.501. The van der Waals surface area contributed by atoms with Gasteiger partial charge in [0, 0.05) is 13.1 Å². The molecule has 0 atom stereocenters. The number of hydroxylamine groups is 2. The van der Waals surface area contributed by atoms with Crippen LogP contribution in [0.5, 0.6) is 0 Å². The van der Waals surface area contributed by atoms with Crippen LogP contribution in [0.4, 0.5) is 0 Å². The highest BCUT2D eigenvalue weighted by atomic mass is 16.7. The van der Waals surface area contributed by atoms with Gasteiger partial charge < -0.3 is 0 Å². The minimum absolute atomic E-state index is 0.778. The predicted molar refractivity (Wildman–Crippen MR) is 32.1 cm³/mol. The van der Waals surface area contributed by atoms with Crippen LogP contribution in [0.25, 0.3) is 0 Å². The first-order valence-corrected chi connectivity index (χ1v) is 3.10. The van der Waals surface area contributed by atoms with E-state index < -0.39 is 0 Å². The van der Waals surface area contributed by atoms with E-state index in [4.69, 9.17) is 4.84 Å². The summed E-state index contributed by atoms with van der Waals surface area (Å²) in [5, 5.41) is 1.91. The normalized spacial score (nSPS) is 23.6. The van der Waals surface area contributed by atoms with E-state index in [-0.39, 0.29) is 0 Å². The highest BCUT2D eigenvalue weighted by molar-refractivity contribution is 4.52. The second kappa shape index (κ2) is 3.05. The van der Waals surface area contributed by atoms with Crippen molar-refractivity contribution in [3.63, 3.8) is 0 Å². The third-order valence-corrected chi connectivity index (χ3v) is 1.33. The summed E-state index contributed by atoms with van der Waals surface area (Å²) in [4.78, 5) is 5.20. The molecule has 47 valence electrons. The first kappa shape index (κ1) is 6.05. The van der Waals surface area contributed by atoms with Crippen molar-refractivity contribution in [1.29, 1.82) is 0 Å². The first-order valence-electron chi connectivity index (χ1n) is 3.10. The lowest BCUT2D eigenvalue weighted by atomic mass is 10.3. The standard InChI is InChI=1S/C6H12NO/c1-2-7-5-3-4-6-8-7/h1-6H2. The van der Waals surface area contributed by atoms with E-state index in [1.807, 2.05) is 5.06 Å². The number of hydrogen-bond donors (Lipinski definition) is 0. The summed E-state index contributed by atoms with van der Waals surface area (Å²) in [6, 6.07) is 0. The summed E-state index contributed by atoms with van der Waals surface area (Å²) in [5.41, 5.74) is 0. The Morgan fingerprint density at radius 3 is 2.75 bits per heavy atom. The molecular weight excluding hydrogens is 102 g/mol. The molecule has 2 nitrogen and oxygen atoms in total. The van der Waals surface area contributed by atoms with Gasteiger partial charge in [-0.2, -0.15) is 5.06 Å². The highest BCUT2D eigenvalue weighted by Crippen LogP contribution is 2.03. The van der Waals surface area contributed by atoms with Crippen molar-refractivity contribution in [3.05, 3.63) is 6.92 Å². The third-order valence-electron chi connectivity index (χ3n) is 1.33. The maximum atomic E-state index is 5.20. The summed E-state index contributed by atoms with van der Waals surface area (Å²) >= 11 is 0. The van der Waals surface area contributed by atoms with E-state index in [2.05, 4.69) is 6.92 Å². The topological polar surface area (TPSA) is 12.5 Å². The van der Waals surface area contributed by atoms with Gasteiger partial charge in [-0.15, -0.1) is 0 Å². The lowest BCUT2D eigenvalue weighted by molar-refractivity contribution is -0.173. The monoisotopic (exact) mass is 114 g/mol. The molecule has 1 aliphatic rings. The van der Waals surface area contributed by atoms with Crippen LogP contribution in [0.1, 0.15) is 12.8 Å². The fourth-order valence-electron chi connectivity index (χ4n) is 0.825. The molecule has 0 unspecified atom stereocenters. The Labute approximate surface area is 50.4 Å². The van der Waals surface area contributed by atoms with Gasteiger partial charge in [0.15, 0.2) is 0 Å². The van der Waals surface area contributed by atoms with E-state index in [9.17, 15) is 0 Å². The second-order valence-electron chi connectivity index (χ2n) is 1.97. The molecule has 0 bridgehead atoms. The van der Waals surface area contributed by atoms with Gasteiger partial charge in [0.25, 0.3) is 0 Å². The highest BCUT2D eigenvalue weighted by Gasteiger charge is 2.06. The maximum absolute atomic E-state index is 5.20. The van der Waals surface area contributed by atoms with Gasteiger partial charge in [0.05, 0.1) is 6.61 Å². The zero-order valence-corrected chi connectivity index (χ0v) is 5.10. The van der Waals surface area contributed by atoms with Gasteiger partial charge in [-0.05, 0) is 19.8 Å². The molecule has 0 aromatic rings. The molecule has 0 N–H and O–H groups in total. The van der Waals surface area contributed by atoms with E-state index in [1.165, 1.54) is 12.8 Å². The largest absolute Gasteiger partial charge is 0.299 e. The van der Waals surface area contributed by atoms with Crippen LogP contribution < -0.4 is 0 Å². The minimum atomic E-state index is 0.778. The zero-order chi connectivity index (χ0) is 5.82. The van der Waals surface area contributed by atoms with Gasteiger partial charge in [-0.25, -0.2) is 0 Å². The molecule has 0 aromatic carbocycles. The van der Waals surface area contributed by atoms with Gasteiger partial charge >= 0.3 is 0 Å². The third kappa shape index (κ3) is 1.46.